The molecule has 0 aliphatic carbocycles. The number of ketones is 1. The van der Waals surface area contributed by atoms with Crippen LogP contribution < -0.4 is 5.56 Å². The van der Waals surface area contributed by atoms with Crippen molar-refractivity contribution < 1.29 is 4.79 Å². The molecule has 0 radical (unpaired) electrons. The van der Waals surface area contributed by atoms with Crippen LogP contribution in [0.1, 0.15) is 53.4 Å². The summed E-state index contributed by atoms with van der Waals surface area (Å²) in [4.78, 5) is 33.7. The van der Waals surface area contributed by atoms with Gasteiger partial charge in [0.05, 0.1) is 22.1 Å². The Balaban J connectivity index is 2.24. The van der Waals surface area contributed by atoms with Gasteiger partial charge in [0.1, 0.15) is 0 Å². The second-order valence-corrected chi connectivity index (χ2v) is 9.67. The average molecular weight is 479 g/mol. The zero-order valence-corrected chi connectivity index (χ0v) is 20.3. The third-order valence-corrected chi connectivity index (χ3v) is 5.77. The first-order valence-corrected chi connectivity index (χ1v) is 11.0. The number of aromatic nitrogens is 1. The molecule has 1 N–H and O–H groups in total. The van der Waals surface area contributed by atoms with Crippen molar-refractivity contribution in [1.82, 2.24) is 4.98 Å². The molecule has 0 aliphatic heterocycles. The van der Waals surface area contributed by atoms with Crippen molar-refractivity contribution >= 4 is 33.6 Å². The summed E-state index contributed by atoms with van der Waals surface area (Å²) in [5, 5.41) is 0. The van der Waals surface area contributed by atoms with Gasteiger partial charge in [0.15, 0.2) is 0 Å². The highest BCUT2D eigenvalue weighted by Gasteiger charge is 2.29. The van der Waals surface area contributed by atoms with Crippen LogP contribution in [-0.4, -0.2) is 17.0 Å². The molecule has 0 unspecified atom stereocenters. The Labute approximate surface area is 191 Å². The molecule has 2 aromatic carbocycles. The smallest absolute Gasteiger partial charge is 0.253 e. The van der Waals surface area contributed by atoms with Gasteiger partial charge in [0, 0.05) is 11.1 Å². The lowest BCUT2D eigenvalue weighted by Crippen LogP contribution is -2.28. The van der Waals surface area contributed by atoms with Gasteiger partial charge in [-0.3, -0.25) is 14.6 Å². The minimum absolute atomic E-state index is 0.211. The first-order valence-electron chi connectivity index (χ1n) is 10.2. The maximum atomic E-state index is 13.4. The lowest BCUT2D eigenvalue weighted by atomic mass is 9.80. The van der Waals surface area contributed by atoms with Gasteiger partial charge in [-0.1, -0.05) is 68.8 Å². The quantitative estimate of drug-likeness (QED) is 0.260. The van der Waals surface area contributed by atoms with Gasteiger partial charge in [-0.2, -0.15) is 0 Å². The van der Waals surface area contributed by atoms with E-state index in [1.807, 2.05) is 84.0 Å². The standard InChI is InChI=1S/C26H27BrN2O2/c1-15-12-16(2)23(17(3)13-15)28-14-19(30)21-20(18-10-8-7-9-11-18)22(26(4,5)6)25(31)29-24(21)27/h7-14H,1-6H3,(H,29,31). The van der Waals surface area contributed by atoms with Crippen LogP contribution in [0.2, 0.25) is 0 Å². The zero-order valence-electron chi connectivity index (χ0n) is 18.8. The van der Waals surface area contributed by atoms with Gasteiger partial charge < -0.3 is 4.98 Å². The molecule has 0 bridgehead atoms. The SMILES string of the molecule is Cc1cc(C)c(N=CC(=O)c2c(Br)[nH]c(=O)c(C(C)(C)C)c2-c2ccccc2)c(C)c1. The van der Waals surface area contributed by atoms with Crippen molar-refractivity contribution in [2.75, 3.05) is 0 Å². The molecule has 0 saturated heterocycles. The molecule has 31 heavy (non-hydrogen) atoms. The first kappa shape index (κ1) is 22.9. The minimum Gasteiger partial charge on any atom is -0.316 e. The summed E-state index contributed by atoms with van der Waals surface area (Å²) in [5.41, 5.74) is 5.73. The predicted molar refractivity (Wildman–Crippen MR) is 132 cm³/mol. The molecule has 5 heteroatoms. The Morgan fingerprint density at radius 2 is 1.61 bits per heavy atom. The fraction of sp³-hybridized carbons (Fsp3) is 0.269. The number of nitrogens with one attached hydrogen (secondary N) is 1. The third kappa shape index (κ3) is 4.77. The molecular formula is C26H27BrN2O2. The summed E-state index contributed by atoms with van der Waals surface area (Å²) in [6.45, 7) is 11.9. The van der Waals surface area contributed by atoms with E-state index in [0.29, 0.717) is 21.3 Å². The molecule has 0 amide bonds. The number of pyridine rings is 1. The average Bonchev–Trinajstić information content (AvgIpc) is 2.66. The summed E-state index contributed by atoms with van der Waals surface area (Å²) >= 11 is 3.42. The number of benzene rings is 2. The molecule has 0 saturated carbocycles. The number of aromatic amines is 1. The summed E-state index contributed by atoms with van der Waals surface area (Å²) in [5.74, 6) is -0.271. The number of aliphatic imine (C=N–C) groups is 1. The van der Waals surface area contributed by atoms with E-state index in [-0.39, 0.29) is 11.3 Å². The van der Waals surface area contributed by atoms with Gasteiger partial charge >= 0.3 is 0 Å². The van der Waals surface area contributed by atoms with E-state index in [2.05, 4.69) is 25.9 Å². The molecule has 0 spiro atoms. The zero-order chi connectivity index (χ0) is 22.9. The maximum absolute atomic E-state index is 13.4. The Bertz CT molecular complexity index is 1210. The van der Waals surface area contributed by atoms with Crippen LogP contribution in [0.3, 0.4) is 0 Å². The second kappa shape index (κ2) is 8.75. The predicted octanol–water partition coefficient (Wildman–Crippen LogP) is 6.61. The Kier molecular flexibility index (Phi) is 6.46. The third-order valence-electron chi connectivity index (χ3n) is 5.17. The summed E-state index contributed by atoms with van der Waals surface area (Å²) in [6, 6.07) is 13.6. The summed E-state index contributed by atoms with van der Waals surface area (Å²) < 4.78 is 0.359. The van der Waals surface area contributed by atoms with Crippen molar-refractivity contribution in [1.29, 1.82) is 0 Å². The molecule has 1 aromatic heterocycles. The minimum atomic E-state index is -0.463. The number of aryl methyl sites for hydroxylation is 3. The molecular weight excluding hydrogens is 452 g/mol. The molecule has 0 aliphatic rings. The number of H-pyrrole nitrogens is 1. The molecule has 160 valence electrons. The van der Waals surface area contributed by atoms with Crippen LogP contribution >= 0.6 is 15.9 Å². The van der Waals surface area contributed by atoms with Crippen LogP contribution in [0.15, 0.2) is 56.9 Å². The number of halogens is 1. The lowest BCUT2D eigenvalue weighted by molar-refractivity contribution is 0.107. The molecule has 0 fully saturated rings. The van der Waals surface area contributed by atoms with Gasteiger partial charge in [-0.25, -0.2) is 0 Å². The Morgan fingerprint density at radius 3 is 2.16 bits per heavy atom. The summed E-state index contributed by atoms with van der Waals surface area (Å²) in [6.07, 6.45) is 1.35. The number of carbonyl (C=O) groups is 1. The van der Waals surface area contributed by atoms with Crippen molar-refractivity contribution in [2.24, 2.45) is 4.99 Å². The molecule has 3 rings (SSSR count). The molecule has 1 heterocycles. The number of nitrogens with zero attached hydrogens (tertiary/aromatic N) is 1. The van der Waals surface area contributed by atoms with Crippen LogP contribution in [0.4, 0.5) is 5.69 Å². The number of Topliss-reactive ketones (excluding diaryl/α,β-unsaturated/α-hetero) is 1. The molecule has 3 aromatic rings. The number of rotatable bonds is 4. The first-order chi connectivity index (χ1) is 14.5. The fourth-order valence-electron chi connectivity index (χ4n) is 3.98. The maximum Gasteiger partial charge on any atom is 0.253 e. The van der Waals surface area contributed by atoms with Crippen molar-refractivity contribution in [3.63, 3.8) is 0 Å². The number of hydrogen-bond donors (Lipinski definition) is 1. The topological polar surface area (TPSA) is 62.3 Å². The highest BCUT2D eigenvalue weighted by atomic mass is 79.9. The van der Waals surface area contributed by atoms with Gasteiger partial charge in [0.25, 0.3) is 5.56 Å². The lowest BCUT2D eigenvalue weighted by Gasteiger charge is -2.24. The second-order valence-electron chi connectivity index (χ2n) is 8.88. The van der Waals surface area contributed by atoms with Crippen LogP contribution in [0.25, 0.3) is 11.1 Å². The van der Waals surface area contributed by atoms with Gasteiger partial charge in [0.2, 0.25) is 5.78 Å². The van der Waals surface area contributed by atoms with E-state index >= 15 is 0 Å². The van der Waals surface area contributed by atoms with E-state index in [1.54, 1.807) is 0 Å². The summed E-state index contributed by atoms with van der Waals surface area (Å²) in [7, 11) is 0. The Morgan fingerprint density at radius 1 is 1.03 bits per heavy atom. The van der Waals surface area contributed by atoms with E-state index in [4.69, 9.17) is 0 Å². The van der Waals surface area contributed by atoms with Crippen LogP contribution in [0, 0.1) is 20.8 Å². The van der Waals surface area contributed by atoms with E-state index < -0.39 is 5.41 Å². The molecule has 0 atom stereocenters. The Hall–Kier alpha value is -2.79. The fourth-order valence-corrected chi connectivity index (χ4v) is 4.55. The van der Waals surface area contributed by atoms with E-state index in [9.17, 15) is 9.59 Å². The normalized spacial score (nSPS) is 11.8. The molecule has 4 nitrogen and oxygen atoms in total. The van der Waals surface area contributed by atoms with Crippen molar-refractivity contribution in [2.45, 2.75) is 47.0 Å². The highest BCUT2D eigenvalue weighted by molar-refractivity contribution is 9.10. The van der Waals surface area contributed by atoms with E-state index in [1.165, 1.54) is 6.21 Å². The van der Waals surface area contributed by atoms with Crippen molar-refractivity contribution in [3.8, 4) is 11.1 Å². The monoisotopic (exact) mass is 478 g/mol. The van der Waals surface area contributed by atoms with Crippen molar-refractivity contribution in [3.05, 3.63) is 85.2 Å². The van der Waals surface area contributed by atoms with Crippen LogP contribution in [-0.2, 0) is 5.41 Å². The largest absolute Gasteiger partial charge is 0.316 e. The van der Waals surface area contributed by atoms with Crippen LogP contribution in [0.5, 0.6) is 0 Å². The number of carbonyl (C=O) groups excluding carboxylic acids is 1. The van der Waals surface area contributed by atoms with E-state index in [0.717, 1.165) is 27.9 Å². The van der Waals surface area contributed by atoms with Gasteiger partial charge in [-0.15, -0.1) is 0 Å². The number of hydrogen-bond acceptors (Lipinski definition) is 3. The van der Waals surface area contributed by atoms with Gasteiger partial charge in [-0.05, 0) is 58.8 Å². The highest BCUT2D eigenvalue weighted by Crippen LogP contribution is 2.36.